The van der Waals surface area contributed by atoms with E-state index in [-0.39, 0.29) is 0 Å². The lowest BCUT2D eigenvalue weighted by atomic mass is 10.2. The first-order valence-corrected chi connectivity index (χ1v) is 10.8. The van der Waals surface area contributed by atoms with Gasteiger partial charge in [-0.1, -0.05) is 29.3 Å². The lowest BCUT2D eigenvalue weighted by Gasteiger charge is -2.35. The van der Waals surface area contributed by atoms with Gasteiger partial charge in [0, 0.05) is 67.8 Å². The van der Waals surface area contributed by atoms with Crippen LogP contribution >= 0.6 is 35.4 Å². The molecule has 0 saturated carbocycles. The largest absolute Gasteiger partial charge is 0.346 e. The van der Waals surface area contributed by atoms with E-state index >= 15 is 0 Å². The molecule has 158 valence electrons. The molecule has 0 aliphatic carbocycles. The first-order valence-electron chi connectivity index (χ1n) is 9.68. The zero-order valence-electron chi connectivity index (χ0n) is 16.6. The van der Waals surface area contributed by atoms with Crippen LogP contribution in [0.25, 0.3) is 0 Å². The van der Waals surface area contributed by atoms with E-state index in [1.165, 1.54) is 5.56 Å². The van der Waals surface area contributed by atoms with Crippen LogP contribution in [0.15, 0.2) is 43.0 Å². The fourth-order valence-electron chi connectivity index (χ4n) is 3.46. The summed E-state index contributed by atoms with van der Waals surface area (Å²) in [4.78, 5) is 4.62. The Balaban J connectivity index is 1.27. The van der Waals surface area contributed by atoms with Gasteiger partial charge in [-0.3, -0.25) is 14.3 Å². The minimum absolute atomic E-state index is 0.567. The molecule has 7 nitrogen and oxygen atoms in total. The number of hydrogen-bond donors (Lipinski definition) is 1. The Labute approximate surface area is 191 Å². The van der Waals surface area contributed by atoms with E-state index in [2.05, 4.69) is 31.5 Å². The van der Waals surface area contributed by atoms with Crippen molar-refractivity contribution >= 4 is 46.2 Å². The molecule has 0 spiro atoms. The van der Waals surface area contributed by atoms with Gasteiger partial charge in [-0.25, -0.2) is 0 Å². The van der Waals surface area contributed by atoms with Crippen molar-refractivity contribution in [2.45, 2.75) is 13.1 Å². The summed E-state index contributed by atoms with van der Waals surface area (Å²) in [7, 11) is 1.94. The molecule has 0 radical (unpaired) electrons. The molecule has 0 bridgehead atoms. The summed E-state index contributed by atoms with van der Waals surface area (Å²) in [6.45, 7) is 5.19. The Hall–Kier alpha value is -2.13. The van der Waals surface area contributed by atoms with Crippen LogP contribution in [-0.4, -0.2) is 60.7 Å². The molecule has 0 unspecified atom stereocenters. The summed E-state index contributed by atoms with van der Waals surface area (Å²) in [6, 6.07) is 5.48. The number of rotatable bonds is 5. The second-order valence-corrected chi connectivity index (χ2v) is 8.61. The summed E-state index contributed by atoms with van der Waals surface area (Å²) in [5.74, 6) is 0. The van der Waals surface area contributed by atoms with Crippen molar-refractivity contribution in [3.05, 3.63) is 64.2 Å². The highest BCUT2D eigenvalue weighted by atomic mass is 35.5. The Morgan fingerprint density at radius 1 is 1.07 bits per heavy atom. The molecule has 1 aliphatic heterocycles. The van der Waals surface area contributed by atoms with Gasteiger partial charge >= 0.3 is 0 Å². The molecule has 1 aliphatic rings. The number of benzene rings is 1. The molecule has 1 N–H and O–H groups in total. The third-order valence-electron chi connectivity index (χ3n) is 5.06. The molecule has 10 heteroatoms. The van der Waals surface area contributed by atoms with Crippen LogP contribution in [0.3, 0.4) is 0 Å². The Kier molecular flexibility index (Phi) is 6.58. The molecule has 1 aromatic carbocycles. The van der Waals surface area contributed by atoms with Crippen LogP contribution in [-0.2, 0) is 20.1 Å². The van der Waals surface area contributed by atoms with Crippen LogP contribution in [0.1, 0.15) is 11.1 Å². The average molecular weight is 464 g/mol. The van der Waals surface area contributed by atoms with Gasteiger partial charge in [0.2, 0.25) is 0 Å². The molecular weight excluding hydrogens is 441 g/mol. The molecular formula is C20H23Cl2N7S. The summed E-state index contributed by atoms with van der Waals surface area (Å²) < 4.78 is 3.66. The summed E-state index contributed by atoms with van der Waals surface area (Å²) in [5.41, 5.74) is 3.06. The average Bonchev–Trinajstić information content (AvgIpc) is 3.33. The van der Waals surface area contributed by atoms with E-state index < -0.39 is 0 Å². The Bertz CT molecular complexity index is 1020. The highest BCUT2D eigenvalue weighted by molar-refractivity contribution is 7.80. The van der Waals surface area contributed by atoms with E-state index in [4.69, 9.17) is 35.4 Å². The second kappa shape index (κ2) is 9.34. The van der Waals surface area contributed by atoms with Crippen molar-refractivity contribution in [2.24, 2.45) is 7.05 Å². The molecule has 0 amide bonds. The molecule has 2 aromatic heterocycles. The lowest BCUT2D eigenvalue weighted by molar-refractivity contribution is 0.177. The molecule has 30 heavy (non-hydrogen) atoms. The zero-order valence-corrected chi connectivity index (χ0v) is 19.0. The maximum Gasteiger partial charge on any atom is 0.173 e. The molecule has 3 heterocycles. The van der Waals surface area contributed by atoms with Gasteiger partial charge in [0.05, 0.1) is 24.6 Å². The molecule has 1 saturated heterocycles. The number of halogens is 2. The monoisotopic (exact) mass is 463 g/mol. The normalized spacial score (nSPS) is 14.8. The third kappa shape index (κ3) is 5.31. The van der Waals surface area contributed by atoms with E-state index in [0.29, 0.717) is 16.6 Å². The number of nitrogens with zero attached hydrogens (tertiary/aromatic N) is 6. The van der Waals surface area contributed by atoms with Crippen LogP contribution in [0.5, 0.6) is 0 Å². The number of piperazine rings is 1. The van der Waals surface area contributed by atoms with E-state index in [9.17, 15) is 0 Å². The number of aromatic nitrogens is 4. The first-order chi connectivity index (χ1) is 14.5. The van der Waals surface area contributed by atoms with Crippen molar-refractivity contribution in [1.29, 1.82) is 0 Å². The second-order valence-electron chi connectivity index (χ2n) is 7.38. The van der Waals surface area contributed by atoms with Crippen molar-refractivity contribution in [3.8, 4) is 0 Å². The fourth-order valence-corrected chi connectivity index (χ4v) is 4.23. The zero-order chi connectivity index (χ0) is 21.1. The topological polar surface area (TPSA) is 54.1 Å². The third-order valence-corrected chi connectivity index (χ3v) is 6.00. The standard InChI is InChI=1S/C20H23Cl2N7S/c1-26-11-15(9-23-26)12-27-4-6-28(7-5-27)20(30)25-18-10-24-29(14-18)13-16-2-3-17(21)8-19(16)22/h2-3,8-11,14H,4-7,12-13H2,1H3,(H,25,30). The van der Waals surface area contributed by atoms with Gasteiger partial charge in [0.1, 0.15) is 0 Å². The quantitative estimate of drug-likeness (QED) is 0.584. The van der Waals surface area contributed by atoms with Gasteiger partial charge in [-0.2, -0.15) is 10.2 Å². The van der Waals surface area contributed by atoms with Crippen molar-refractivity contribution in [1.82, 2.24) is 29.4 Å². The van der Waals surface area contributed by atoms with Gasteiger partial charge in [-0.15, -0.1) is 0 Å². The van der Waals surface area contributed by atoms with Crippen molar-refractivity contribution in [3.63, 3.8) is 0 Å². The summed E-state index contributed by atoms with van der Waals surface area (Å²) >= 11 is 17.8. The van der Waals surface area contributed by atoms with Gasteiger partial charge in [-0.05, 0) is 29.9 Å². The summed E-state index contributed by atoms with van der Waals surface area (Å²) in [6.07, 6.45) is 7.69. The highest BCUT2D eigenvalue weighted by Crippen LogP contribution is 2.22. The van der Waals surface area contributed by atoms with E-state index in [1.807, 2.05) is 40.9 Å². The number of nitrogens with one attached hydrogen (secondary N) is 1. The first kappa shape index (κ1) is 21.1. The SMILES string of the molecule is Cn1cc(CN2CCN(C(=S)Nc3cnn(Cc4ccc(Cl)cc4Cl)c3)CC2)cn1. The number of thiocarbonyl (C=S) groups is 1. The number of hydrogen-bond acceptors (Lipinski definition) is 4. The smallest absolute Gasteiger partial charge is 0.173 e. The van der Waals surface area contributed by atoms with Crippen LogP contribution < -0.4 is 5.32 Å². The number of aryl methyl sites for hydroxylation is 1. The van der Waals surface area contributed by atoms with E-state index in [0.717, 1.165) is 49.1 Å². The van der Waals surface area contributed by atoms with Crippen LogP contribution in [0.4, 0.5) is 5.69 Å². The van der Waals surface area contributed by atoms with Crippen LogP contribution in [0, 0.1) is 0 Å². The Morgan fingerprint density at radius 2 is 1.87 bits per heavy atom. The maximum atomic E-state index is 6.26. The number of anilines is 1. The van der Waals surface area contributed by atoms with Gasteiger partial charge in [0.25, 0.3) is 0 Å². The molecule has 4 rings (SSSR count). The van der Waals surface area contributed by atoms with Crippen molar-refractivity contribution < 1.29 is 0 Å². The predicted octanol–water partition coefficient (Wildman–Crippen LogP) is 3.49. The van der Waals surface area contributed by atoms with E-state index in [1.54, 1.807) is 12.3 Å². The van der Waals surface area contributed by atoms with Crippen molar-refractivity contribution in [2.75, 3.05) is 31.5 Å². The maximum absolute atomic E-state index is 6.26. The minimum atomic E-state index is 0.567. The molecule has 1 fully saturated rings. The lowest BCUT2D eigenvalue weighted by Crippen LogP contribution is -2.49. The summed E-state index contributed by atoms with van der Waals surface area (Å²) in [5, 5.41) is 13.9. The van der Waals surface area contributed by atoms with Crippen LogP contribution in [0.2, 0.25) is 10.0 Å². The molecule has 3 aromatic rings. The Morgan fingerprint density at radius 3 is 2.57 bits per heavy atom. The predicted molar refractivity (Wildman–Crippen MR) is 124 cm³/mol. The minimum Gasteiger partial charge on any atom is -0.346 e. The van der Waals surface area contributed by atoms with Gasteiger partial charge < -0.3 is 10.2 Å². The highest BCUT2D eigenvalue weighted by Gasteiger charge is 2.19. The fraction of sp³-hybridized carbons (Fsp3) is 0.350. The van der Waals surface area contributed by atoms with Gasteiger partial charge in [0.15, 0.2) is 5.11 Å². The molecule has 0 atom stereocenters.